The van der Waals surface area contributed by atoms with Gasteiger partial charge in [-0.05, 0) is 49.2 Å². The number of hydrogen-bond acceptors (Lipinski definition) is 4. The van der Waals surface area contributed by atoms with Crippen molar-refractivity contribution < 1.29 is 22.7 Å². The van der Waals surface area contributed by atoms with Crippen LogP contribution in [0, 0.1) is 0 Å². The van der Waals surface area contributed by atoms with Crippen molar-refractivity contribution in [3.05, 3.63) is 58.3 Å². The average molecular weight is 438 g/mol. The molecule has 0 radical (unpaired) electrons. The topological polar surface area (TPSA) is 54.5 Å². The molecule has 0 aliphatic carbocycles. The van der Waals surface area contributed by atoms with Crippen LogP contribution >= 0.6 is 11.6 Å². The minimum Gasteiger partial charge on any atom is -0.488 e. The molecule has 1 N–H and O–H groups in total. The van der Waals surface area contributed by atoms with Gasteiger partial charge in [-0.2, -0.15) is 13.2 Å². The lowest BCUT2D eigenvalue weighted by atomic mass is 10.0. The van der Waals surface area contributed by atoms with Gasteiger partial charge in [0.05, 0.1) is 11.1 Å². The number of anilines is 1. The van der Waals surface area contributed by atoms with Crippen LogP contribution in [-0.4, -0.2) is 36.6 Å². The highest BCUT2D eigenvalue weighted by molar-refractivity contribution is 6.30. The first-order chi connectivity index (χ1) is 14.3. The number of nitrogens with zero attached hydrogens (tertiary/aromatic N) is 2. The van der Waals surface area contributed by atoms with E-state index >= 15 is 0 Å². The molecule has 5 nitrogen and oxygen atoms in total. The molecule has 2 aromatic rings. The van der Waals surface area contributed by atoms with E-state index in [1.54, 1.807) is 24.3 Å². The molecule has 0 spiro atoms. The number of benzene rings is 1. The molecule has 1 aromatic heterocycles. The summed E-state index contributed by atoms with van der Waals surface area (Å²) in [5.41, 5.74) is 0.526. The Morgan fingerprint density at radius 2 is 1.97 bits per heavy atom. The number of amides is 1. The summed E-state index contributed by atoms with van der Waals surface area (Å²) in [6, 6.07) is 7.65. The third kappa shape index (κ3) is 4.53. The fourth-order valence-corrected chi connectivity index (χ4v) is 3.73. The minimum atomic E-state index is -4.40. The normalized spacial score (nSPS) is 17.1. The molecule has 158 valence electrons. The Balaban J connectivity index is 1.33. The van der Waals surface area contributed by atoms with Gasteiger partial charge in [-0.3, -0.25) is 4.79 Å². The van der Waals surface area contributed by atoms with Gasteiger partial charge < -0.3 is 15.0 Å². The highest BCUT2D eigenvalue weighted by atomic mass is 35.5. The fourth-order valence-electron chi connectivity index (χ4n) is 3.55. The molecule has 30 heavy (non-hydrogen) atoms. The summed E-state index contributed by atoms with van der Waals surface area (Å²) < 4.78 is 43.7. The van der Waals surface area contributed by atoms with E-state index in [0.29, 0.717) is 48.1 Å². The van der Waals surface area contributed by atoms with Crippen LogP contribution in [0.2, 0.25) is 5.02 Å². The first-order valence-corrected chi connectivity index (χ1v) is 9.89. The van der Waals surface area contributed by atoms with Crippen molar-refractivity contribution in [1.29, 1.82) is 0 Å². The van der Waals surface area contributed by atoms with Crippen molar-refractivity contribution in [2.45, 2.75) is 25.1 Å². The van der Waals surface area contributed by atoms with Crippen LogP contribution in [0.15, 0.2) is 42.1 Å². The van der Waals surface area contributed by atoms with E-state index < -0.39 is 11.7 Å². The van der Waals surface area contributed by atoms with Gasteiger partial charge in [-0.25, -0.2) is 4.98 Å². The average Bonchev–Trinajstić information content (AvgIpc) is 2.73. The number of rotatable bonds is 3. The first-order valence-electron chi connectivity index (χ1n) is 9.51. The highest BCUT2D eigenvalue weighted by Gasteiger charge is 2.31. The molecule has 0 unspecified atom stereocenters. The van der Waals surface area contributed by atoms with E-state index in [2.05, 4.69) is 10.3 Å². The quantitative estimate of drug-likeness (QED) is 0.777. The van der Waals surface area contributed by atoms with E-state index in [0.717, 1.165) is 17.8 Å². The number of alkyl halides is 3. The predicted molar refractivity (Wildman–Crippen MR) is 108 cm³/mol. The van der Waals surface area contributed by atoms with Gasteiger partial charge in [0.15, 0.2) is 0 Å². The molecular formula is C21H19ClF3N3O2. The zero-order valence-corrected chi connectivity index (χ0v) is 16.6. The Labute approximate surface area is 176 Å². The maximum atomic E-state index is 12.7. The van der Waals surface area contributed by atoms with Crippen molar-refractivity contribution >= 4 is 29.4 Å². The summed E-state index contributed by atoms with van der Waals surface area (Å²) in [7, 11) is 0. The molecule has 0 atom stereocenters. The van der Waals surface area contributed by atoms with Gasteiger partial charge in [-0.15, -0.1) is 0 Å². The molecule has 1 saturated heterocycles. The zero-order valence-electron chi connectivity index (χ0n) is 15.9. The number of hydrogen-bond donors (Lipinski definition) is 1. The molecule has 4 rings (SSSR count). The molecule has 1 aromatic carbocycles. The molecule has 1 fully saturated rings. The minimum absolute atomic E-state index is 0.0233. The Kier molecular flexibility index (Phi) is 5.60. The number of ether oxygens (including phenoxy) is 1. The number of pyridine rings is 1. The number of piperidine rings is 1. The fraction of sp³-hybridized carbons (Fsp3) is 0.333. The Hall–Kier alpha value is -2.74. The molecule has 2 aliphatic heterocycles. The smallest absolute Gasteiger partial charge is 0.417 e. The van der Waals surface area contributed by atoms with Gasteiger partial charge in [0, 0.05) is 35.9 Å². The standard InChI is InChI=1S/C21H19ClF3N3O2/c22-16-2-3-18-13(10-16)9-14(12-30-18)20(29)27-17-5-7-28(8-6-17)19-4-1-15(11-26-19)21(23,24)25/h1-4,9-11,17H,5-8,12H2,(H,27,29). The van der Waals surface area contributed by atoms with E-state index in [1.165, 1.54) is 6.07 Å². The van der Waals surface area contributed by atoms with Crippen LogP contribution in [0.1, 0.15) is 24.0 Å². The van der Waals surface area contributed by atoms with Gasteiger partial charge >= 0.3 is 6.18 Å². The van der Waals surface area contributed by atoms with E-state index in [-0.39, 0.29) is 18.6 Å². The van der Waals surface area contributed by atoms with Crippen LogP contribution < -0.4 is 15.0 Å². The maximum Gasteiger partial charge on any atom is 0.417 e. The molecule has 1 amide bonds. The van der Waals surface area contributed by atoms with E-state index in [4.69, 9.17) is 16.3 Å². The summed E-state index contributed by atoms with van der Waals surface area (Å²) in [5.74, 6) is 1.00. The van der Waals surface area contributed by atoms with E-state index in [9.17, 15) is 18.0 Å². The highest BCUT2D eigenvalue weighted by Crippen LogP contribution is 2.31. The van der Waals surface area contributed by atoms with Gasteiger partial charge in [0.25, 0.3) is 5.91 Å². The summed E-state index contributed by atoms with van der Waals surface area (Å²) in [6.45, 7) is 1.38. The van der Waals surface area contributed by atoms with Crippen molar-refractivity contribution in [3.63, 3.8) is 0 Å². The molecule has 2 aliphatic rings. The first kappa shape index (κ1) is 20.5. The summed E-state index contributed by atoms with van der Waals surface area (Å²) in [4.78, 5) is 18.5. The van der Waals surface area contributed by atoms with Crippen molar-refractivity contribution in [1.82, 2.24) is 10.3 Å². The lowest BCUT2D eigenvalue weighted by Gasteiger charge is -2.33. The van der Waals surface area contributed by atoms with Crippen LogP contribution in [0.3, 0.4) is 0 Å². The number of nitrogens with one attached hydrogen (secondary N) is 1. The molecule has 3 heterocycles. The van der Waals surface area contributed by atoms with Crippen LogP contribution in [0.4, 0.5) is 19.0 Å². The van der Waals surface area contributed by atoms with Gasteiger partial charge in [0.2, 0.25) is 0 Å². The number of halogens is 4. The Bertz CT molecular complexity index is 968. The van der Waals surface area contributed by atoms with E-state index in [1.807, 2.05) is 4.90 Å². The summed E-state index contributed by atoms with van der Waals surface area (Å²) in [5, 5.41) is 3.59. The number of carbonyl (C=O) groups is 1. The summed E-state index contributed by atoms with van der Waals surface area (Å²) in [6.07, 6.45) is -0.424. The SMILES string of the molecule is O=C(NC1CCN(c2ccc(C(F)(F)F)cn2)CC1)C1=Cc2cc(Cl)ccc2OC1. The monoisotopic (exact) mass is 437 g/mol. The van der Waals surface area contributed by atoms with Gasteiger partial charge in [-0.1, -0.05) is 11.6 Å². The number of fused-ring (bicyclic) bond motifs is 1. The summed E-state index contributed by atoms with van der Waals surface area (Å²) >= 11 is 6.00. The molecule has 0 saturated carbocycles. The van der Waals surface area contributed by atoms with Gasteiger partial charge in [0.1, 0.15) is 18.2 Å². The maximum absolute atomic E-state index is 12.7. The van der Waals surface area contributed by atoms with Crippen LogP contribution in [0.5, 0.6) is 5.75 Å². The van der Waals surface area contributed by atoms with Crippen molar-refractivity contribution in [3.8, 4) is 5.75 Å². The molecule has 9 heteroatoms. The van der Waals surface area contributed by atoms with Crippen LogP contribution in [-0.2, 0) is 11.0 Å². The zero-order chi connectivity index (χ0) is 21.3. The third-order valence-electron chi connectivity index (χ3n) is 5.21. The van der Waals surface area contributed by atoms with Crippen molar-refractivity contribution in [2.75, 3.05) is 24.6 Å². The second kappa shape index (κ2) is 8.18. The third-order valence-corrected chi connectivity index (χ3v) is 5.44. The van der Waals surface area contributed by atoms with Crippen molar-refractivity contribution in [2.24, 2.45) is 0 Å². The predicted octanol–water partition coefficient (Wildman–Crippen LogP) is 4.31. The Morgan fingerprint density at radius 3 is 2.63 bits per heavy atom. The molecular weight excluding hydrogens is 419 g/mol. The van der Waals surface area contributed by atoms with Crippen LogP contribution in [0.25, 0.3) is 6.08 Å². The molecule has 0 bridgehead atoms. The Morgan fingerprint density at radius 1 is 1.20 bits per heavy atom. The second-order valence-electron chi connectivity index (χ2n) is 7.28. The lowest BCUT2D eigenvalue weighted by Crippen LogP contribution is -2.45. The number of carbonyl (C=O) groups excluding carboxylic acids is 1. The lowest BCUT2D eigenvalue weighted by molar-refractivity contribution is -0.137. The second-order valence-corrected chi connectivity index (χ2v) is 7.71. The largest absolute Gasteiger partial charge is 0.488 e. The number of aromatic nitrogens is 1.